The number of hydrogen-bond acceptors (Lipinski definition) is 3. The number of carbonyl (C=O) groups is 2. The molecule has 0 saturated heterocycles. The number of amides is 3. The van der Waals surface area contributed by atoms with Crippen LogP contribution in [-0.2, 0) is 4.79 Å². The minimum atomic E-state index is -0.574. The first-order valence-electron chi connectivity index (χ1n) is 4.72. The summed E-state index contributed by atoms with van der Waals surface area (Å²) in [5, 5.41) is 8.11. The van der Waals surface area contributed by atoms with Gasteiger partial charge in [0, 0.05) is 19.1 Å². The van der Waals surface area contributed by atoms with Crippen LogP contribution in [0.2, 0.25) is 0 Å². The maximum absolute atomic E-state index is 11.1. The molecule has 1 fully saturated rings. The molecule has 0 heterocycles. The van der Waals surface area contributed by atoms with E-state index < -0.39 is 6.03 Å². The van der Waals surface area contributed by atoms with Gasteiger partial charge in [0.15, 0.2) is 0 Å². The third-order valence-corrected chi connectivity index (χ3v) is 1.88. The summed E-state index contributed by atoms with van der Waals surface area (Å²) in [7, 11) is 0. The predicted octanol–water partition coefficient (Wildman–Crippen LogP) is -1.48. The van der Waals surface area contributed by atoms with E-state index in [1.807, 2.05) is 0 Å². The Balaban J connectivity index is 1.88. The lowest BCUT2D eigenvalue weighted by molar-refractivity contribution is -0.120. The van der Waals surface area contributed by atoms with Crippen molar-refractivity contribution in [3.8, 4) is 0 Å². The molecule has 0 unspecified atom stereocenters. The summed E-state index contributed by atoms with van der Waals surface area (Å²) >= 11 is 0. The van der Waals surface area contributed by atoms with E-state index in [-0.39, 0.29) is 5.91 Å². The number of hydrogen-bond donors (Lipinski definition) is 4. The minimum Gasteiger partial charge on any atom is -0.353 e. The third-order valence-electron chi connectivity index (χ3n) is 1.88. The van der Waals surface area contributed by atoms with E-state index in [2.05, 4.69) is 16.0 Å². The van der Waals surface area contributed by atoms with Gasteiger partial charge in [-0.05, 0) is 12.8 Å². The van der Waals surface area contributed by atoms with Crippen LogP contribution in [0.1, 0.15) is 12.8 Å². The molecule has 1 aliphatic carbocycles. The van der Waals surface area contributed by atoms with E-state index in [1.165, 1.54) is 0 Å². The SMILES string of the molecule is NC(=O)NCCNC(=O)CNC1CC1. The predicted molar refractivity (Wildman–Crippen MR) is 51.6 cm³/mol. The molecule has 0 bridgehead atoms. The molecule has 1 aliphatic rings. The summed E-state index contributed by atoms with van der Waals surface area (Å²) in [6, 6.07) is -0.0418. The Labute approximate surface area is 82.6 Å². The van der Waals surface area contributed by atoms with E-state index in [9.17, 15) is 9.59 Å². The van der Waals surface area contributed by atoms with Gasteiger partial charge >= 0.3 is 6.03 Å². The van der Waals surface area contributed by atoms with Crippen molar-refractivity contribution >= 4 is 11.9 Å². The molecule has 3 amide bonds. The molecular formula is C8H16N4O2. The maximum Gasteiger partial charge on any atom is 0.312 e. The van der Waals surface area contributed by atoms with E-state index in [0.717, 1.165) is 12.8 Å². The lowest BCUT2D eigenvalue weighted by atomic mass is 10.5. The molecular weight excluding hydrogens is 184 g/mol. The lowest BCUT2D eigenvalue weighted by Crippen LogP contribution is -2.40. The van der Waals surface area contributed by atoms with Crippen LogP contribution in [0, 0.1) is 0 Å². The number of rotatable bonds is 6. The zero-order valence-electron chi connectivity index (χ0n) is 8.01. The van der Waals surface area contributed by atoms with Crippen molar-refractivity contribution in [2.24, 2.45) is 5.73 Å². The standard InChI is InChI=1S/C8H16N4O2/c9-8(14)11-4-3-10-7(13)5-12-6-1-2-6/h6,12H,1-5H2,(H,10,13)(H3,9,11,14). The van der Waals surface area contributed by atoms with E-state index >= 15 is 0 Å². The monoisotopic (exact) mass is 200 g/mol. The average molecular weight is 200 g/mol. The van der Waals surface area contributed by atoms with Gasteiger partial charge < -0.3 is 21.7 Å². The Bertz CT molecular complexity index is 215. The van der Waals surface area contributed by atoms with E-state index in [4.69, 9.17) is 5.73 Å². The molecule has 1 saturated carbocycles. The van der Waals surface area contributed by atoms with Gasteiger partial charge in [0.25, 0.3) is 0 Å². The van der Waals surface area contributed by atoms with Gasteiger partial charge in [-0.25, -0.2) is 4.79 Å². The summed E-state index contributed by atoms with van der Waals surface area (Å²) in [6.45, 7) is 1.12. The molecule has 0 radical (unpaired) electrons. The zero-order valence-corrected chi connectivity index (χ0v) is 8.01. The molecule has 6 nitrogen and oxygen atoms in total. The Morgan fingerprint density at radius 2 is 1.86 bits per heavy atom. The highest BCUT2D eigenvalue weighted by atomic mass is 16.2. The quantitative estimate of drug-likeness (QED) is 0.394. The molecule has 80 valence electrons. The molecule has 6 heteroatoms. The second-order valence-corrected chi connectivity index (χ2v) is 3.30. The van der Waals surface area contributed by atoms with Gasteiger partial charge in [-0.1, -0.05) is 0 Å². The number of nitrogens with one attached hydrogen (secondary N) is 3. The Morgan fingerprint density at radius 1 is 1.21 bits per heavy atom. The van der Waals surface area contributed by atoms with Crippen molar-refractivity contribution in [2.45, 2.75) is 18.9 Å². The van der Waals surface area contributed by atoms with Crippen LogP contribution < -0.4 is 21.7 Å². The van der Waals surface area contributed by atoms with Crippen molar-refractivity contribution in [1.29, 1.82) is 0 Å². The van der Waals surface area contributed by atoms with Gasteiger partial charge in [0.2, 0.25) is 5.91 Å². The number of urea groups is 1. The highest BCUT2D eigenvalue weighted by Crippen LogP contribution is 2.17. The van der Waals surface area contributed by atoms with Gasteiger partial charge in [0.05, 0.1) is 6.54 Å². The summed E-state index contributed by atoms with van der Waals surface area (Å²) in [6.07, 6.45) is 2.33. The topological polar surface area (TPSA) is 96.2 Å². The van der Waals surface area contributed by atoms with Crippen LogP contribution in [0.25, 0.3) is 0 Å². The van der Waals surface area contributed by atoms with Crippen LogP contribution in [0.5, 0.6) is 0 Å². The molecule has 0 aliphatic heterocycles. The summed E-state index contributed by atoms with van der Waals surface area (Å²) in [5.74, 6) is -0.0526. The average Bonchev–Trinajstić information content (AvgIpc) is 2.92. The Morgan fingerprint density at radius 3 is 2.43 bits per heavy atom. The number of nitrogens with two attached hydrogens (primary N) is 1. The highest BCUT2D eigenvalue weighted by molar-refractivity contribution is 5.78. The van der Waals surface area contributed by atoms with Gasteiger partial charge in [-0.3, -0.25) is 4.79 Å². The lowest BCUT2D eigenvalue weighted by Gasteiger charge is -2.05. The van der Waals surface area contributed by atoms with Gasteiger partial charge in [0.1, 0.15) is 0 Å². The first-order chi connectivity index (χ1) is 6.68. The Hall–Kier alpha value is -1.30. The molecule has 0 aromatic heterocycles. The fourth-order valence-electron chi connectivity index (χ4n) is 0.975. The molecule has 0 aromatic rings. The molecule has 0 aromatic carbocycles. The number of carbonyl (C=O) groups excluding carboxylic acids is 2. The first kappa shape index (κ1) is 10.8. The second-order valence-electron chi connectivity index (χ2n) is 3.30. The normalized spacial score (nSPS) is 14.9. The van der Waals surface area contributed by atoms with Gasteiger partial charge in [-0.2, -0.15) is 0 Å². The first-order valence-corrected chi connectivity index (χ1v) is 4.72. The highest BCUT2D eigenvalue weighted by Gasteiger charge is 2.20. The summed E-state index contributed by atoms with van der Waals surface area (Å²) in [5.41, 5.74) is 4.84. The molecule has 5 N–H and O–H groups in total. The summed E-state index contributed by atoms with van der Waals surface area (Å²) < 4.78 is 0. The van der Waals surface area contributed by atoms with Crippen LogP contribution >= 0.6 is 0 Å². The van der Waals surface area contributed by atoms with Crippen LogP contribution in [0.15, 0.2) is 0 Å². The van der Waals surface area contributed by atoms with Crippen LogP contribution in [0.4, 0.5) is 4.79 Å². The fourth-order valence-corrected chi connectivity index (χ4v) is 0.975. The third kappa shape index (κ3) is 5.36. The zero-order chi connectivity index (χ0) is 10.4. The number of primary amides is 1. The molecule has 1 rings (SSSR count). The van der Waals surface area contributed by atoms with E-state index in [1.54, 1.807) is 0 Å². The van der Waals surface area contributed by atoms with E-state index in [0.29, 0.717) is 25.7 Å². The second kappa shape index (κ2) is 5.43. The van der Waals surface area contributed by atoms with Crippen molar-refractivity contribution in [1.82, 2.24) is 16.0 Å². The van der Waals surface area contributed by atoms with Crippen molar-refractivity contribution < 1.29 is 9.59 Å². The fraction of sp³-hybridized carbons (Fsp3) is 0.750. The largest absolute Gasteiger partial charge is 0.353 e. The van der Waals surface area contributed by atoms with Crippen molar-refractivity contribution in [2.75, 3.05) is 19.6 Å². The summed E-state index contributed by atoms with van der Waals surface area (Å²) in [4.78, 5) is 21.4. The van der Waals surface area contributed by atoms with Crippen molar-refractivity contribution in [3.05, 3.63) is 0 Å². The smallest absolute Gasteiger partial charge is 0.312 e. The molecule has 14 heavy (non-hydrogen) atoms. The molecule has 0 spiro atoms. The maximum atomic E-state index is 11.1. The molecule has 0 atom stereocenters. The van der Waals surface area contributed by atoms with Crippen LogP contribution in [0.3, 0.4) is 0 Å². The van der Waals surface area contributed by atoms with Crippen LogP contribution in [-0.4, -0.2) is 37.6 Å². The van der Waals surface area contributed by atoms with Crippen molar-refractivity contribution in [3.63, 3.8) is 0 Å². The Kier molecular flexibility index (Phi) is 4.18. The minimum absolute atomic E-state index is 0.0526. The van der Waals surface area contributed by atoms with Gasteiger partial charge in [-0.15, -0.1) is 0 Å².